The second kappa shape index (κ2) is 38.2. The molecule has 0 radical (unpaired) electrons. The van der Waals surface area contributed by atoms with E-state index in [-0.39, 0.29) is 0 Å². The van der Waals surface area contributed by atoms with Crippen LogP contribution in [0.4, 0.5) is 0 Å². The number of hydrogen-bond donors (Lipinski definition) is 0. The van der Waals surface area contributed by atoms with Crippen molar-refractivity contribution in [2.24, 2.45) is 0 Å². The first-order valence-corrected chi connectivity index (χ1v) is 49.6. The molecule has 0 saturated heterocycles. The zero-order valence-corrected chi connectivity index (χ0v) is 80.4. The van der Waals surface area contributed by atoms with Gasteiger partial charge in [0.2, 0.25) is 0 Å². The maximum absolute atomic E-state index is 6.58. The van der Waals surface area contributed by atoms with Crippen molar-refractivity contribution >= 4 is 98.9 Å². The zero-order valence-electron chi connectivity index (χ0n) is 80.4. The van der Waals surface area contributed by atoms with Crippen molar-refractivity contribution in [1.29, 1.82) is 0 Å². The van der Waals surface area contributed by atoms with Gasteiger partial charge in [-0.05, 0) is 156 Å². The molecule has 0 unspecified atom stereocenters. The minimum atomic E-state index is 0.581. The highest BCUT2D eigenvalue weighted by Crippen LogP contribution is 2.46. The van der Waals surface area contributed by atoms with E-state index >= 15 is 0 Å². The van der Waals surface area contributed by atoms with Crippen molar-refractivity contribution in [3.8, 4) is 176 Å². The van der Waals surface area contributed by atoms with Crippen LogP contribution >= 0.6 is 0 Å². The quantitative estimate of drug-likeness (QED) is 0.0830. The molecule has 150 heavy (non-hydrogen) atoms. The van der Waals surface area contributed by atoms with Gasteiger partial charge in [-0.15, -0.1) is 0 Å². The average Bonchev–Trinajstić information content (AvgIpc) is 1.59. The molecule has 0 bridgehead atoms. The third kappa shape index (κ3) is 16.6. The van der Waals surface area contributed by atoms with Gasteiger partial charge < -0.3 is 13.3 Å². The van der Waals surface area contributed by atoms with Crippen molar-refractivity contribution in [2.45, 2.75) is 0 Å². The molecule has 0 atom stereocenters. The van der Waals surface area contributed by atoms with Crippen LogP contribution in [0.15, 0.2) is 517 Å². The van der Waals surface area contributed by atoms with Crippen molar-refractivity contribution in [2.75, 3.05) is 0 Å². The predicted octanol–water partition coefficient (Wildman–Crippen LogP) is 32.7. The van der Waals surface area contributed by atoms with Crippen LogP contribution < -0.4 is 0 Å². The summed E-state index contributed by atoms with van der Waals surface area (Å²) >= 11 is 0. The average molecular weight is 1930 g/mol. The number of benzene rings is 20. The number of nitrogens with zero attached hydrogens (tertiary/aromatic N) is 15. The molecular formula is C132H83N15O3. The summed E-state index contributed by atoms with van der Waals surface area (Å²) in [7, 11) is 0. The van der Waals surface area contributed by atoms with E-state index in [1.54, 1.807) is 0 Å². The lowest BCUT2D eigenvalue weighted by Gasteiger charge is -2.10. The molecule has 29 rings (SSSR count). The van der Waals surface area contributed by atoms with Gasteiger partial charge in [0.15, 0.2) is 52.4 Å². The third-order valence-corrected chi connectivity index (χ3v) is 27.2. The summed E-state index contributed by atoms with van der Waals surface area (Å²) in [6.45, 7) is 0. The Bertz CT molecular complexity index is 10100. The van der Waals surface area contributed by atoms with Crippen molar-refractivity contribution in [3.63, 3.8) is 0 Å². The standard InChI is InChI=1S/2C46H29N5O.C40H25N5O/c1-4-14-30(15-5-1)32-18-12-19-33(28-32)44-48-43(31-16-6-2-7-17-31)49-45(50-44)37-22-13-25-40-42(37)36-27-26-34(29-41(36)52-40)46-47-38-23-10-11-24-39(38)51(46)35-20-8-3-9-21-35;1-4-13-30(14-5-1)31-23-25-33(26-24-31)44-48-43(32-15-6-2-7-16-32)49-45(50-44)37-19-12-22-40-42(37)36-28-27-34(29-41(36)52-40)46-47-38-20-10-11-21-39(38)51(46)35-17-8-3-9-18-35;1-4-13-26(14-5-1)37-42-38(27-15-6-2-7-16-27)44-39(43-37)31-19-12-22-34-36(31)30-24-23-28(25-35(30)46-34)40-41-32-20-10-11-21-33(32)45(40)29-17-8-3-9-18-29/h2*1-29H;1-25H. The molecule has 0 amide bonds. The molecule has 0 fully saturated rings. The van der Waals surface area contributed by atoms with Crippen LogP contribution in [0.1, 0.15) is 0 Å². The topological polar surface area (TPSA) is 209 Å². The van der Waals surface area contributed by atoms with Gasteiger partial charge in [0.25, 0.3) is 0 Å². The summed E-state index contributed by atoms with van der Waals surface area (Å²) in [4.78, 5) is 60.4. The molecule has 9 heterocycles. The highest BCUT2D eigenvalue weighted by Gasteiger charge is 2.27. The van der Waals surface area contributed by atoms with Crippen molar-refractivity contribution < 1.29 is 13.3 Å². The highest BCUT2D eigenvalue weighted by molar-refractivity contribution is 6.15. The first-order chi connectivity index (χ1) is 74.3. The summed E-state index contributed by atoms with van der Waals surface area (Å²) < 4.78 is 26.3. The number of fused-ring (bicyclic) bond motifs is 12. The predicted molar refractivity (Wildman–Crippen MR) is 601 cm³/mol. The van der Waals surface area contributed by atoms with E-state index in [2.05, 4.69) is 250 Å². The summed E-state index contributed by atoms with van der Waals surface area (Å²) in [6, 6.07) is 170. The Morgan fingerprint density at radius 2 is 0.360 bits per heavy atom. The Morgan fingerprint density at radius 3 is 0.673 bits per heavy atom. The molecular weight excluding hydrogens is 1840 g/mol. The maximum Gasteiger partial charge on any atom is 0.164 e. The molecule has 18 heteroatoms. The van der Waals surface area contributed by atoms with Crippen LogP contribution in [0.5, 0.6) is 0 Å². The number of aromatic nitrogens is 15. The van der Waals surface area contributed by atoms with Gasteiger partial charge in [-0.2, -0.15) is 0 Å². The molecule has 29 aromatic rings. The lowest BCUT2D eigenvalue weighted by atomic mass is 10.0. The van der Waals surface area contributed by atoms with E-state index in [0.717, 1.165) is 222 Å². The third-order valence-electron chi connectivity index (χ3n) is 27.2. The number of para-hydroxylation sites is 9. The van der Waals surface area contributed by atoms with Crippen LogP contribution in [0.3, 0.4) is 0 Å². The SMILES string of the molecule is c1ccc(-c2ccc(-c3nc(-c4ccccc4)nc(-c4cccc5oc6cc(-c7nc8ccccc8n7-c7ccccc7)ccc6c45)n3)cc2)cc1.c1ccc(-c2cccc(-c3nc(-c4ccccc4)nc(-c4cccc5oc6cc(-c7nc8ccccc8n7-c7ccccc7)ccc6c45)n3)c2)cc1.c1ccc(-c2nc(-c3ccccc3)nc(-c3cccc4oc5cc(-c6nc7ccccc7n6-c6ccccc6)ccc5c34)n2)cc1. The fourth-order valence-corrected chi connectivity index (χ4v) is 20.2. The fourth-order valence-electron chi connectivity index (χ4n) is 20.2. The van der Waals surface area contributed by atoms with E-state index < -0.39 is 0 Å². The van der Waals surface area contributed by atoms with Crippen molar-refractivity contribution in [3.05, 3.63) is 504 Å². The molecule has 18 nitrogen and oxygen atoms in total. The minimum Gasteiger partial charge on any atom is -0.456 e. The molecule has 0 aliphatic rings. The molecule has 0 spiro atoms. The number of furan rings is 3. The first-order valence-electron chi connectivity index (χ1n) is 49.6. The fraction of sp³-hybridized carbons (Fsp3) is 0. The van der Waals surface area contributed by atoms with Crippen LogP contribution in [0.25, 0.3) is 275 Å². The summed E-state index contributed by atoms with van der Waals surface area (Å²) in [6.07, 6.45) is 0. The second-order valence-corrected chi connectivity index (χ2v) is 36.5. The molecule has 704 valence electrons. The van der Waals surface area contributed by atoms with Gasteiger partial charge in [0.1, 0.15) is 51.0 Å². The Labute approximate surface area is 859 Å². The lowest BCUT2D eigenvalue weighted by Crippen LogP contribution is -2.00. The number of rotatable bonds is 17. The van der Waals surface area contributed by atoms with Gasteiger partial charge in [0, 0.05) is 116 Å². The molecule has 0 aliphatic carbocycles. The maximum atomic E-state index is 6.58. The van der Waals surface area contributed by atoms with Crippen molar-refractivity contribution in [1.82, 2.24) is 73.5 Å². The monoisotopic (exact) mass is 1930 g/mol. The van der Waals surface area contributed by atoms with Crippen LogP contribution in [0, 0.1) is 0 Å². The van der Waals surface area contributed by atoms with Gasteiger partial charge in [-0.3, -0.25) is 13.7 Å². The lowest BCUT2D eigenvalue weighted by molar-refractivity contribution is 0.668. The van der Waals surface area contributed by atoms with E-state index in [1.807, 2.05) is 267 Å². The molecule has 0 aliphatic heterocycles. The summed E-state index contributed by atoms with van der Waals surface area (Å²) in [5.41, 5.74) is 29.3. The van der Waals surface area contributed by atoms with Gasteiger partial charge >= 0.3 is 0 Å². The van der Waals surface area contributed by atoms with E-state index in [1.165, 1.54) is 0 Å². The largest absolute Gasteiger partial charge is 0.456 e. The Morgan fingerprint density at radius 1 is 0.140 bits per heavy atom. The van der Waals surface area contributed by atoms with E-state index in [9.17, 15) is 0 Å². The van der Waals surface area contributed by atoms with E-state index in [4.69, 9.17) is 73.1 Å². The molecule has 9 aromatic heterocycles. The van der Waals surface area contributed by atoms with Gasteiger partial charge in [-0.1, -0.05) is 370 Å². The van der Waals surface area contributed by atoms with Gasteiger partial charge in [0.05, 0.1) is 33.1 Å². The summed E-state index contributed by atoms with van der Waals surface area (Å²) in [5.74, 6) is 7.99. The zero-order chi connectivity index (χ0) is 99.3. The first kappa shape index (κ1) is 88.2. The Balaban J connectivity index is 0.000000111. The van der Waals surface area contributed by atoms with Crippen LogP contribution in [0.2, 0.25) is 0 Å². The molecule has 0 N–H and O–H groups in total. The smallest absolute Gasteiger partial charge is 0.164 e. The Hall–Kier alpha value is -20.8. The van der Waals surface area contributed by atoms with Crippen LogP contribution in [-0.4, -0.2) is 73.5 Å². The number of imidazole rings is 3. The Kier molecular flexibility index (Phi) is 22.4. The van der Waals surface area contributed by atoms with Crippen LogP contribution in [-0.2, 0) is 0 Å². The highest BCUT2D eigenvalue weighted by atomic mass is 16.3. The minimum absolute atomic E-state index is 0.581. The second-order valence-electron chi connectivity index (χ2n) is 36.5. The molecule has 0 saturated carbocycles. The van der Waals surface area contributed by atoms with E-state index in [0.29, 0.717) is 52.4 Å². The number of hydrogen-bond acceptors (Lipinski definition) is 15. The molecule has 20 aromatic carbocycles. The summed E-state index contributed by atoms with van der Waals surface area (Å²) in [5, 5.41) is 5.81. The van der Waals surface area contributed by atoms with Gasteiger partial charge in [-0.25, -0.2) is 59.8 Å². The normalized spacial score (nSPS) is 11.5.